The van der Waals surface area contributed by atoms with Gasteiger partial charge in [0.15, 0.2) is 0 Å². The van der Waals surface area contributed by atoms with Crippen LogP contribution in [0, 0.1) is 0 Å². The molecule has 21 heavy (non-hydrogen) atoms. The lowest BCUT2D eigenvalue weighted by Crippen LogP contribution is -2.50. The summed E-state index contributed by atoms with van der Waals surface area (Å²) in [4.78, 5) is 23.9. The van der Waals surface area contributed by atoms with Crippen LogP contribution >= 0.6 is 0 Å². The Kier molecular flexibility index (Phi) is 3.68. The number of piperidine rings is 1. The lowest BCUT2D eigenvalue weighted by molar-refractivity contribution is -0.124. The molecule has 1 atom stereocenters. The van der Waals surface area contributed by atoms with E-state index in [0.717, 1.165) is 17.5 Å². The number of aromatic nitrogens is 2. The zero-order valence-corrected chi connectivity index (χ0v) is 11.4. The van der Waals surface area contributed by atoms with Gasteiger partial charge in [0.1, 0.15) is 6.04 Å². The third-order valence-corrected chi connectivity index (χ3v) is 3.55. The summed E-state index contributed by atoms with van der Waals surface area (Å²) in [6.45, 7) is 0.682. The second-order valence-corrected chi connectivity index (χ2v) is 5.03. The maximum absolute atomic E-state index is 12.3. The number of rotatable bonds is 3. The van der Waals surface area contributed by atoms with E-state index < -0.39 is 6.04 Å². The van der Waals surface area contributed by atoms with Crippen LogP contribution in [0.25, 0.3) is 11.1 Å². The highest BCUT2D eigenvalue weighted by Gasteiger charge is 2.24. The average molecular weight is 284 g/mol. The maximum atomic E-state index is 12.3. The van der Waals surface area contributed by atoms with Gasteiger partial charge in [-0.15, -0.1) is 0 Å². The predicted octanol–water partition coefficient (Wildman–Crippen LogP) is 1.09. The summed E-state index contributed by atoms with van der Waals surface area (Å²) in [6, 6.07) is 6.82. The Hall–Kier alpha value is -2.63. The van der Waals surface area contributed by atoms with Gasteiger partial charge in [-0.3, -0.25) is 14.7 Å². The number of hydrogen-bond donors (Lipinski definition) is 3. The first-order valence-corrected chi connectivity index (χ1v) is 6.92. The molecule has 1 unspecified atom stereocenters. The third kappa shape index (κ3) is 2.94. The second-order valence-electron chi connectivity index (χ2n) is 5.03. The minimum atomic E-state index is -0.441. The quantitative estimate of drug-likeness (QED) is 0.788. The van der Waals surface area contributed by atoms with Crippen LogP contribution in [0.3, 0.4) is 0 Å². The molecule has 0 bridgehead atoms. The number of aromatic amines is 1. The highest BCUT2D eigenvalue weighted by atomic mass is 16.2. The van der Waals surface area contributed by atoms with Crippen molar-refractivity contribution in [2.24, 2.45) is 0 Å². The van der Waals surface area contributed by atoms with E-state index in [-0.39, 0.29) is 11.8 Å². The molecule has 1 aliphatic rings. The normalized spacial score (nSPS) is 18.1. The number of nitrogens with zero attached hydrogens (tertiary/aromatic N) is 1. The van der Waals surface area contributed by atoms with Crippen LogP contribution in [0.15, 0.2) is 36.7 Å². The van der Waals surface area contributed by atoms with Crippen molar-refractivity contribution in [3.8, 4) is 11.1 Å². The molecule has 2 amide bonds. The molecular formula is C15H16N4O2. The molecule has 0 aliphatic carbocycles. The first-order valence-electron chi connectivity index (χ1n) is 6.92. The van der Waals surface area contributed by atoms with Crippen LogP contribution in [0.2, 0.25) is 0 Å². The van der Waals surface area contributed by atoms with Crippen molar-refractivity contribution in [1.29, 1.82) is 0 Å². The molecular weight excluding hydrogens is 268 g/mol. The third-order valence-electron chi connectivity index (χ3n) is 3.55. The lowest BCUT2D eigenvalue weighted by atomic mass is 10.0. The number of hydrogen-bond acceptors (Lipinski definition) is 3. The van der Waals surface area contributed by atoms with Crippen molar-refractivity contribution in [1.82, 2.24) is 20.8 Å². The molecule has 0 radical (unpaired) electrons. The molecule has 3 N–H and O–H groups in total. The average Bonchev–Trinajstić information content (AvgIpc) is 3.04. The fourth-order valence-corrected chi connectivity index (χ4v) is 2.40. The summed E-state index contributed by atoms with van der Waals surface area (Å²) >= 11 is 0. The fourth-order valence-electron chi connectivity index (χ4n) is 2.40. The van der Waals surface area contributed by atoms with Gasteiger partial charge >= 0.3 is 0 Å². The Labute approximate surface area is 121 Å². The van der Waals surface area contributed by atoms with Gasteiger partial charge in [0, 0.05) is 23.9 Å². The molecule has 2 aromatic rings. The molecule has 1 fully saturated rings. The van der Waals surface area contributed by atoms with Gasteiger partial charge < -0.3 is 10.6 Å². The van der Waals surface area contributed by atoms with E-state index in [1.165, 1.54) is 0 Å². The molecule has 1 saturated heterocycles. The second kappa shape index (κ2) is 5.78. The smallest absolute Gasteiger partial charge is 0.251 e. The number of carbonyl (C=O) groups excluding carboxylic acids is 2. The molecule has 1 aromatic carbocycles. The Balaban J connectivity index is 1.75. The van der Waals surface area contributed by atoms with E-state index in [4.69, 9.17) is 0 Å². The van der Waals surface area contributed by atoms with E-state index in [2.05, 4.69) is 20.8 Å². The topological polar surface area (TPSA) is 86.9 Å². The number of benzene rings is 1. The van der Waals surface area contributed by atoms with Gasteiger partial charge in [0.25, 0.3) is 5.91 Å². The first-order chi connectivity index (χ1) is 10.2. The van der Waals surface area contributed by atoms with Gasteiger partial charge in [-0.05, 0) is 30.5 Å². The number of H-pyrrole nitrogens is 1. The van der Waals surface area contributed by atoms with Crippen molar-refractivity contribution < 1.29 is 9.59 Å². The van der Waals surface area contributed by atoms with E-state index in [9.17, 15) is 9.59 Å². The van der Waals surface area contributed by atoms with Crippen molar-refractivity contribution in [2.45, 2.75) is 18.9 Å². The Morgan fingerprint density at radius 3 is 3.00 bits per heavy atom. The first kappa shape index (κ1) is 13.4. The standard InChI is InChI=1S/C15H16N4O2/c20-14(19-13-5-2-6-16-15(13)21)11-4-1-3-10(7-11)12-8-17-18-9-12/h1,3-4,7-9,13H,2,5-6H2,(H,16,21)(H,17,18)(H,19,20). The van der Waals surface area contributed by atoms with Crippen LogP contribution in [0.4, 0.5) is 0 Å². The SMILES string of the molecule is O=C(NC1CCCNC1=O)c1cccc(-c2cn[nH]c2)c1. The van der Waals surface area contributed by atoms with Gasteiger partial charge in [-0.1, -0.05) is 12.1 Å². The Bertz CT molecular complexity index is 651. The van der Waals surface area contributed by atoms with Crippen LogP contribution < -0.4 is 10.6 Å². The van der Waals surface area contributed by atoms with E-state index in [1.54, 1.807) is 24.5 Å². The van der Waals surface area contributed by atoms with Gasteiger partial charge in [0.05, 0.1) is 6.20 Å². The van der Waals surface area contributed by atoms with Crippen LogP contribution in [-0.4, -0.2) is 34.6 Å². The monoisotopic (exact) mass is 284 g/mol. The van der Waals surface area contributed by atoms with Crippen LogP contribution in [-0.2, 0) is 4.79 Å². The fraction of sp³-hybridized carbons (Fsp3) is 0.267. The van der Waals surface area contributed by atoms with Gasteiger partial charge in [-0.2, -0.15) is 5.10 Å². The summed E-state index contributed by atoms with van der Waals surface area (Å²) in [5.74, 6) is -0.344. The van der Waals surface area contributed by atoms with E-state index in [0.29, 0.717) is 18.5 Å². The van der Waals surface area contributed by atoms with Gasteiger partial charge in [0.2, 0.25) is 5.91 Å². The number of carbonyl (C=O) groups is 2. The predicted molar refractivity (Wildman–Crippen MR) is 77.5 cm³/mol. The maximum Gasteiger partial charge on any atom is 0.251 e. The molecule has 1 aromatic heterocycles. The lowest BCUT2D eigenvalue weighted by Gasteiger charge is -2.22. The van der Waals surface area contributed by atoms with Crippen molar-refractivity contribution in [3.63, 3.8) is 0 Å². The molecule has 3 rings (SSSR count). The number of amides is 2. The van der Waals surface area contributed by atoms with Crippen molar-refractivity contribution in [3.05, 3.63) is 42.2 Å². The van der Waals surface area contributed by atoms with Crippen molar-refractivity contribution >= 4 is 11.8 Å². The van der Waals surface area contributed by atoms with E-state index >= 15 is 0 Å². The molecule has 6 nitrogen and oxygen atoms in total. The largest absolute Gasteiger partial charge is 0.354 e. The van der Waals surface area contributed by atoms with Gasteiger partial charge in [-0.25, -0.2) is 0 Å². The molecule has 1 aliphatic heterocycles. The van der Waals surface area contributed by atoms with Crippen LogP contribution in [0.5, 0.6) is 0 Å². The molecule has 0 spiro atoms. The van der Waals surface area contributed by atoms with Crippen LogP contribution in [0.1, 0.15) is 23.2 Å². The zero-order valence-electron chi connectivity index (χ0n) is 11.4. The highest BCUT2D eigenvalue weighted by molar-refractivity contribution is 5.98. The summed E-state index contributed by atoms with van der Waals surface area (Å²) in [5.41, 5.74) is 2.36. The summed E-state index contributed by atoms with van der Waals surface area (Å²) in [6.07, 6.45) is 5.03. The molecule has 6 heteroatoms. The summed E-state index contributed by atoms with van der Waals surface area (Å²) < 4.78 is 0. The number of nitrogens with one attached hydrogen (secondary N) is 3. The minimum Gasteiger partial charge on any atom is -0.354 e. The zero-order chi connectivity index (χ0) is 14.7. The Morgan fingerprint density at radius 2 is 2.24 bits per heavy atom. The van der Waals surface area contributed by atoms with Crippen molar-refractivity contribution in [2.75, 3.05) is 6.54 Å². The summed E-state index contributed by atoms with van der Waals surface area (Å²) in [7, 11) is 0. The Morgan fingerprint density at radius 1 is 1.33 bits per heavy atom. The molecule has 2 heterocycles. The molecule has 108 valence electrons. The highest BCUT2D eigenvalue weighted by Crippen LogP contribution is 2.19. The summed E-state index contributed by atoms with van der Waals surface area (Å²) in [5, 5.41) is 12.2. The molecule has 0 saturated carbocycles. The minimum absolute atomic E-state index is 0.111. The van der Waals surface area contributed by atoms with E-state index in [1.807, 2.05) is 12.1 Å².